The van der Waals surface area contributed by atoms with Crippen molar-refractivity contribution in [2.75, 3.05) is 5.32 Å². The highest BCUT2D eigenvalue weighted by molar-refractivity contribution is 7.16. The van der Waals surface area contributed by atoms with E-state index in [0.29, 0.717) is 16.4 Å². The van der Waals surface area contributed by atoms with E-state index in [1.165, 1.54) is 4.57 Å². The van der Waals surface area contributed by atoms with Crippen molar-refractivity contribution >= 4 is 44.9 Å². The summed E-state index contributed by atoms with van der Waals surface area (Å²) in [7, 11) is 0. The second kappa shape index (κ2) is 6.14. The molecule has 0 saturated carbocycles. The van der Waals surface area contributed by atoms with Crippen molar-refractivity contribution in [1.29, 1.82) is 0 Å². The van der Waals surface area contributed by atoms with Gasteiger partial charge in [-0.15, -0.1) is 0 Å². The summed E-state index contributed by atoms with van der Waals surface area (Å²) in [5.74, 6) is 0.183. The van der Waals surface area contributed by atoms with E-state index in [-0.39, 0.29) is 17.3 Å². The van der Waals surface area contributed by atoms with Crippen LogP contribution in [0.3, 0.4) is 0 Å². The van der Waals surface area contributed by atoms with Gasteiger partial charge < -0.3 is 5.32 Å². The predicted octanol–water partition coefficient (Wildman–Crippen LogP) is 3.37. The molecule has 0 aliphatic carbocycles. The maximum Gasteiger partial charge on any atom is 0.308 e. The van der Waals surface area contributed by atoms with Gasteiger partial charge >= 0.3 is 4.87 Å². The Morgan fingerprint density at radius 3 is 2.83 bits per heavy atom. The van der Waals surface area contributed by atoms with Gasteiger partial charge in [-0.3, -0.25) is 14.2 Å². The van der Waals surface area contributed by atoms with Crippen LogP contribution in [0.15, 0.2) is 35.1 Å². The van der Waals surface area contributed by atoms with E-state index in [0.717, 1.165) is 27.3 Å². The van der Waals surface area contributed by atoms with Gasteiger partial charge in [-0.25, -0.2) is 4.98 Å². The molecule has 0 saturated heterocycles. The third kappa shape index (κ3) is 3.43. The lowest BCUT2D eigenvalue weighted by Crippen LogP contribution is -2.24. The Labute approximate surface area is 141 Å². The van der Waals surface area contributed by atoms with Crippen molar-refractivity contribution in [3.8, 4) is 0 Å². The number of pyridine rings is 1. The number of thiazole rings is 1. The molecule has 1 N–H and O–H groups in total. The summed E-state index contributed by atoms with van der Waals surface area (Å²) in [6.45, 7) is 3.72. The average molecular weight is 348 g/mol. The Kier molecular flexibility index (Phi) is 4.19. The molecule has 0 spiro atoms. The van der Waals surface area contributed by atoms with Gasteiger partial charge in [0.05, 0.1) is 10.2 Å². The Bertz CT molecular complexity index is 941. The van der Waals surface area contributed by atoms with Gasteiger partial charge in [0.15, 0.2) is 0 Å². The number of nitrogens with zero attached hydrogens (tertiary/aromatic N) is 2. The molecule has 0 fully saturated rings. The van der Waals surface area contributed by atoms with Crippen molar-refractivity contribution < 1.29 is 4.79 Å². The molecule has 0 bridgehead atoms. The van der Waals surface area contributed by atoms with Crippen LogP contribution in [0.2, 0.25) is 5.02 Å². The van der Waals surface area contributed by atoms with E-state index in [2.05, 4.69) is 10.3 Å². The fraction of sp³-hybridized carbons (Fsp3) is 0.188. The lowest BCUT2D eigenvalue weighted by molar-refractivity contribution is -0.116. The monoisotopic (exact) mass is 347 g/mol. The van der Waals surface area contributed by atoms with Crippen LogP contribution in [0.25, 0.3) is 10.2 Å². The SMILES string of the molecule is Cc1cc(C)nc(NC(=O)Cn2c(=O)sc3ccc(Cl)cc32)c1. The third-order valence-corrected chi connectivity index (χ3v) is 4.49. The lowest BCUT2D eigenvalue weighted by Gasteiger charge is -2.07. The second-order valence-corrected chi connectivity index (χ2v) is 6.72. The van der Waals surface area contributed by atoms with Gasteiger partial charge in [0, 0.05) is 10.7 Å². The summed E-state index contributed by atoms with van der Waals surface area (Å²) in [5, 5.41) is 3.26. The summed E-state index contributed by atoms with van der Waals surface area (Å²) in [5.41, 5.74) is 2.50. The zero-order chi connectivity index (χ0) is 16.6. The molecule has 2 aromatic heterocycles. The molecule has 23 heavy (non-hydrogen) atoms. The summed E-state index contributed by atoms with van der Waals surface area (Å²) in [6, 6.07) is 8.91. The van der Waals surface area contributed by atoms with Gasteiger partial charge in [-0.05, 0) is 49.7 Å². The molecular weight excluding hydrogens is 334 g/mol. The molecule has 0 radical (unpaired) electrons. The molecule has 0 atom stereocenters. The Balaban J connectivity index is 1.87. The molecular formula is C16H14ClN3O2S. The molecule has 3 rings (SSSR count). The maximum atomic E-state index is 12.2. The number of carbonyl (C=O) groups excluding carboxylic acids is 1. The summed E-state index contributed by atoms with van der Waals surface area (Å²) in [4.78, 5) is 28.4. The van der Waals surface area contributed by atoms with Gasteiger partial charge in [0.25, 0.3) is 0 Å². The molecule has 2 heterocycles. The maximum absolute atomic E-state index is 12.2. The molecule has 1 amide bonds. The zero-order valence-electron chi connectivity index (χ0n) is 12.6. The number of halogens is 1. The number of hydrogen-bond donors (Lipinski definition) is 1. The summed E-state index contributed by atoms with van der Waals surface area (Å²) >= 11 is 7.07. The number of fused-ring (bicyclic) bond motifs is 1. The van der Waals surface area contributed by atoms with Crippen molar-refractivity contribution in [2.24, 2.45) is 0 Å². The molecule has 1 aromatic carbocycles. The zero-order valence-corrected chi connectivity index (χ0v) is 14.2. The van der Waals surface area contributed by atoms with Crippen LogP contribution in [0.1, 0.15) is 11.3 Å². The van der Waals surface area contributed by atoms with E-state index in [1.54, 1.807) is 24.3 Å². The highest BCUT2D eigenvalue weighted by Gasteiger charge is 2.12. The molecule has 118 valence electrons. The van der Waals surface area contributed by atoms with Crippen LogP contribution < -0.4 is 10.2 Å². The topological polar surface area (TPSA) is 64.0 Å². The Morgan fingerprint density at radius 2 is 2.09 bits per heavy atom. The first-order valence-corrected chi connectivity index (χ1v) is 8.16. The number of anilines is 1. The van der Waals surface area contributed by atoms with Crippen LogP contribution in [-0.4, -0.2) is 15.5 Å². The van der Waals surface area contributed by atoms with Crippen LogP contribution in [-0.2, 0) is 11.3 Å². The van der Waals surface area contributed by atoms with Crippen LogP contribution in [0.4, 0.5) is 5.82 Å². The molecule has 0 aliphatic rings. The van der Waals surface area contributed by atoms with E-state index >= 15 is 0 Å². The van der Waals surface area contributed by atoms with E-state index in [4.69, 9.17) is 11.6 Å². The van der Waals surface area contributed by atoms with E-state index in [1.807, 2.05) is 19.9 Å². The Morgan fingerprint density at radius 1 is 1.30 bits per heavy atom. The van der Waals surface area contributed by atoms with Crippen LogP contribution in [0.5, 0.6) is 0 Å². The normalized spacial score (nSPS) is 10.9. The quantitative estimate of drug-likeness (QED) is 0.790. The summed E-state index contributed by atoms with van der Waals surface area (Å²) in [6.07, 6.45) is 0. The first-order valence-electron chi connectivity index (χ1n) is 6.96. The first kappa shape index (κ1) is 15.7. The molecule has 0 unspecified atom stereocenters. The van der Waals surface area contributed by atoms with Gasteiger partial charge in [0.1, 0.15) is 12.4 Å². The fourth-order valence-corrected chi connectivity index (χ4v) is 3.45. The molecule has 5 nitrogen and oxygen atoms in total. The van der Waals surface area contributed by atoms with Crippen LogP contribution in [0, 0.1) is 13.8 Å². The highest BCUT2D eigenvalue weighted by Crippen LogP contribution is 2.21. The first-order chi connectivity index (χ1) is 10.9. The Hall–Kier alpha value is -2.18. The number of benzene rings is 1. The van der Waals surface area contributed by atoms with E-state index < -0.39 is 0 Å². The number of nitrogens with one attached hydrogen (secondary N) is 1. The largest absolute Gasteiger partial charge is 0.309 e. The smallest absolute Gasteiger partial charge is 0.308 e. The van der Waals surface area contributed by atoms with Gasteiger partial charge in [-0.2, -0.15) is 0 Å². The minimum absolute atomic E-state index is 0.0756. The molecule has 7 heteroatoms. The van der Waals surface area contributed by atoms with Gasteiger partial charge in [0.2, 0.25) is 5.91 Å². The van der Waals surface area contributed by atoms with Crippen molar-refractivity contribution in [1.82, 2.24) is 9.55 Å². The van der Waals surface area contributed by atoms with Crippen molar-refractivity contribution in [3.63, 3.8) is 0 Å². The predicted molar refractivity (Wildman–Crippen MR) is 93.4 cm³/mol. The number of aryl methyl sites for hydroxylation is 2. The van der Waals surface area contributed by atoms with Crippen LogP contribution >= 0.6 is 22.9 Å². The number of carbonyl (C=O) groups is 1. The highest BCUT2D eigenvalue weighted by atomic mass is 35.5. The molecule has 3 aromatic rings. The minimum atomic E-state index is -0.302. The van der Waals surface area contributed by atoms with Gasteiger partial charge in [-0.1, -0.05) is 22.9 Å². The minimum Gasteiger partial charge on any atom is -0.309 e. The summed E-state index contributed by atoms with van der Waals surface area (Å²) < 4.78 is 2.22. The number of hydrogen-bond acceptors (Lipinski definition) is 4. The third-order valence-electron chi connectivity index (χ3n) is 3.30. The number of aromatic nitrogens is 2. The lowest BCUT2D eigenvalue weighted by atomic mass is 10.2. The van der Waals surface area contributed by atoms with Crippen molar-refractivity contribution in [3.05, 3.63) is 56.3 Å². The number of amides is 1. The van der Waals surface area contributed by atoms with Crippen molar-refractivity contribution in [2.45, 2.75) is 20.4 Å². The fourth-order valence-electron chi connectivity index (χ4n) is 2.42. The average Bonchev–Trinajstić information content (AvgIpc) is 2.74. The molecule has 0 aliphatic heterocycles. The van der Waals surface area contributed by atoms with E-state index in [9.17, 15) is 9.59 Å². The number of rotatable bonds is 3. The second-order valence-electron chi connectivity index (χ2n) is 5.29. The standard InChI is InChI=1S/C16H14ClN3O2S/c1-9-5-10(2)18-14(6-9)19-15(21)8-20-12-7-11(17)3-4-13(12)23-16(20)22/h3-7H,8H2,1-2H3,(H,18,19,21).